The van der Waals surface area contributed by atoms with E-state index < -0.39 is 0 Å². The van der Waals surface area contributed by atoms with Crippen LogP contribution in [0.2, 0.25) is 0 Å². The minimum absolute atomic E-state index is 0.00174. The fourth-order valence-electron chi connectivity index (χ4n) is 0.420. The first-order chi connectivity index (χ1) is 3.62. The summed E-state index contributed by atoms with van der Waals surface area (Å²) in [6.45, 7) is 7.64. The number of nitrogens with one attached hydrogen (secondary N) is 1. The standard InChI is InChI=1S/C6H14N2/c1-4-5-6(2,3)8-7/h4,8H,1,5,7H2,2-3H3. The van der Waals surface area contributed by atoms with Crippen LogP contribution in [-0.4, -0.2) is 5.54 Å². The Morgan fingerprint density at radius 3 is 2.38 bits per heavy atom. The predicted molar refractivity (Wildman–Crippen MR) is 36.2 cm³/mol. The van der Waals surface area contributed by atoms with Gasteiger partial charge in [0.1, 0.15) is 0 Å². The van der Waals surface area contributed by atoms with E-state index in [0.717, 1.165) is 6.42 Å². The molecule has 0 saturated heterocycles. The van der Waals surface area contributed by atoms with Crippen LogP contribution in [0.1, 0.15) is 20.3 Å². The van der Waals surface area contributed by atoms with Crippen molar-refractivity contribution in [3.8, 4) is 0 Å². The first kappa shape index (κ1) is 7.66. The van der Waals surface area contributed by atoms with E-state index in [4.69, 9.17) is 5.84 Å². The van der Waals surface area contributed by atoms with E-state index in [1.807, 2.05) is 19.9 Å². The third-order valence-corrected chi connectivity index (χ3v) is 1.05. The molecule has 0 radical (unpaired) electrons. The zero-order valence-electron chi connectivity index (χ0n) is 5.57. The van der Waals surface area contributed by atoms with Gasteiger partial charge in [-0.1, -0.05) is 6.08 Å². The molecule has 0 aromatic heterocycles. The molecule has 0 atom stereocenters. The largest absolute Gasteiger partial charge is 0.271 e. The lowest BCUT2D eigenvalue weighted by molar-refractivity contribution is 0.403. The Morgan fingerprint density at radius 1 is 1.75 bits per heavy atom. The summed E-state index contributed by atoms with van der Waals surface area (Å²) >= 11 is 0. The molecule has 3 N–H and O–H groups in total. The van der Waals surface area contributed by atoms with Crippen molar-refractivity contribution in [1.29, 1.82) is 0 Å². The third kappa shape index (κ3) is 2.77. The molecule has 0 rings (SSSR count). The van der Waals surface area contributed by atoms with Gasteiger partial charge in [-0.25, -0.2) is 0 Å². The molecular formula is C6H14N2. The lowest BCUT2D eigenvalue weighted by Crippen LogP contribution is -2.43. The van der Waals surface area contributed by atoms with Gasteiger partial charge in [0.2, 0.25) is 0 Å². The average molecular weight is 114 g/mol. The molecule has 0 fully saturated rings. The van der Waals surface area contributed by atoms with E-state index >= 15 is 0 Å². The highest BCUT2D eigenvalue weighted by atomic mass is 15.3. The van der Waals surface area contributed by atoms with E-state index in [9.17, 15) is 0 Å². The highest BCUT2D eigenvalue weighted by molar-refractivity contribution is 4.83. The second-order valence-electron chi connectivity index (χ2n) is 2.52. The molecule has 48 valence electrons. The maximum absolute atomic E-state index is 5.19. The summed E-state index contributed by atoms with van der Waals surface area (Å²) in [6, 6.07) is 0. The second-order valence-corrected chi connectivity index (χ2v) is 2.52. The first-order valence-electron chi connectivity index (χ1n) is 2.71. The van der Waals surface area contributed by atoms with Gasteiger partial charge in [0, 0.05) is 5.54 Å². The van der Waals surface area contributed by atoms with Crippen molar-refractivity contribution < 1.29 is 0 Å². The summed E-state index contributed by atoms with van der Waals surface area (Å²) in [7, 11) is 0. The second kappa shape index (κ2) is 2.84. The normalized spacial score (nSPS) is 11.4. The number of hydrazine groups is 1. The molecule has 0 saturated carbocycles. The quantitative estimate of drug-likeness (QED) is 0.323. The zero-order chi connectivity index (χ0) is 6.62. The zero-order valence-corrected chi connectivity index (χ0v) is 5.57. The van der Waals surface area contributed by atoms with Gasteiger partial charge in [-0.15, -0.1) is 6.58 Å². The molecule has 0 heterocycles. The van der Waals surface area contributed by atoms with Crippen LogP contribution in [0.5, 0.6) is 0 Å². The van der Waals surface area contributed by atoms with Crippen LogP contribution < -0.4 is 11.3 Å². The highest BCUT2D eigenvalue weighted by Crippen LogP contribution is 2.04. The van der Waals surface area contributed by atoms with Gasteiger partial charge in [0.05, 0.1) is 0 Å². The van der Waals surface area contributed by atoms with Crippen molar-refractivity contribution in [1.82, 2.24) is 5.43 Å². The van der Waals surface area contributed by atoms with Gasteiger partial charge < -0.3 is 0 Å². The third-order valence-electron chi connectivity index (χ3n) is 1.05. The molecule has 0 bridgehead atoms. The molecule has 0 aromatic carbocycles. The Kier molecular flexibility index (Phi) is 2.72. The summed E-state index contributed by atoms with van der Waals surface area (Å²) in [4.78, 5) is 0. The van der Waals surface area contributed by atoms with Crippen molar-refractivity contribution in [2.45, 2.75) is 25.8 Å². The molecular weight excluding hydrogens is 100 g/mol. The minimum atomic E-state index is 0.00174. The van der Waals surface area contributed by atoms with E-state index in [1.54, 1.807) is 0 Å². The lowest BCUT2D eigenvalue weighted by atomic mass is 10.0. The van der Waals surface area contributed by atoms with E-state index in [-0.39, 0.29) is 5.54 Å². The molecule has 8 heavy (non-hydrogen) atoms. The van der Waals surface area contributed by atoms with Crippen molar-refractivity contribution >= 4 is 0 Å². The van der Waals surface area contributed by atoms with Gasteiger partial charge >= 0.3 is 0 Å². The summed E-state index contributed by atoms with van der Waals surface area (Å²) in [5.41, 5.74) is 2.67. The van der Waals surface area contributed by atoms with Crippen molar-refractivity contribution in [3.63, 3.8) is 0 Å². The minimum Gasteiger partial charge on any atom is -0.271 e. The summed E-state index contributed by atoms with van der Waals surface area (Å²) < 4.78 is 0. The van der Waals surface area contributed by atoms with Crippen LogP contribution in [0, 0.1) is 0 Å². The van der Waals surface area contributed by atoms with Crippen LogP contribution in [0.4, 0.5) is 0 Å². The molecule has 0 unspecified atom stereocenters. The predicted octanol–water partition coefficient (Wildman–Crippen LogP) is 0.804. The Balaban J connectivity index is 3.53. The van der Waals surface area contributed by atoms with Gasteiger partial charge in [0.15, 0.2) is 0 Å². The Morgan fingerprint density at radius 2 is 2.25 bits per heavy atom. The maximum atomic E-state index is 5.19. The molecule has 2 nitrogen and oxygen atoms in total. The molecule has 0 aliphatic heterocycles. The van der Waals surface area contributed by atoms with Crippen molar-refractivity contribution in [2.75, 3.05) is 0 Å². The van der Waals surface area contributed by atoms with Crippen molar-refractivity contribution in [3.05, 3.63) is 12.7 Å². The van der Waals surface area contributed by atoms with E-state index in [1.165, 1.54) is 0 Å². The topological polar surface area (TPSA) is 38.0 Å². The van der Waals surface area contributed by atoms with Crippen LogP contribution in [0.15, 0.2) is 12.7 Å². The Bertz CT molecular complexity index is 76.6. The van der Waals surface area contributed by atoms with Crippen LogP contribution >= 0.6 is 0 Å². The molecule has 0 spiro atoms. The monoisotopic (exact) mass is 114 g/mol. The summed E-state index contributed by atoms with van der Waals surface area (Å²) in [5, 5.41) is 0. The molecule has 0 aromatic rings. The smallest absolute Gasteiger partial charge is 0.0299 e. The number of nitrogens with two attached hydrogens (primary N) is 1. The Labute approximate surface area is 50.7 Å². The van der Waals surface area contributed by atoms with Gasteiger partial charge in [0.25, 0.3) is 0 Å². The van der Waals surface area contributed by atoms with Gasteiger partial charge in [-0.05, 0) is 20.3 Å². The van der Waals surface area contributed by atoms with Crippen LogP contribution in [0.25, 0.3) is 0 Å². The van der Waals surface area contributed by atoms with Crippen LogP contribution in [0.3, 0.4) is 0 Å². The fourth-order valence-corrected chi connectivity index (χ4v) is 0.420. The highest BCUT2D eigenvalue weighted by Gasteiger charge is 2.10. The molecule has 0 amide bonds. The first-order valence-corrected chi connectivity index (χ1v) is 2.71. The van der Waals surface area contributed by atoms with Crippen molar-refractivity contribution in [2.24, 2.45) is 5.84 Å². The van der Waals surface area contributed by atoms with E-state index in [0.29, 0.717) is 0 Å². The number of hydrogen-bond acceptors (Lipinski definition) is 2. The average Bonchev–Trinajstić information content (AvgIpc) is 1.67. The molecule has 0 aliphatic carbocycles. The SMILES string of the molecule is C=CCC(C)(C)NN. The van der Waals surface area contributed by atoms with E-state index in [2.05, 4.69) is 12.0 Å². The number of hydrogen-bond donors (Lipinski definition) is 2. The summed E-state index contributed by atoms with van der Waals surface area (Å²) in [6.07, 6.45) is 2.74. The lowest BCUT2D eigenvalue weighted by Gasteiger charge is -2.20. The fraction of sp³-hybridized carbons (Fsp3) is 0.667. The van der Waals surface area contributed by atoms with Gasteiger partial charge in [-0.2, -0.15) is 0 Å². The Hall–Kier alpha value is -0.340. The number of rotatable bonds is 3. The maximum Gasteiger partial charge on any atom is 0.0299 e. The molecule has 2 heteroatoms. The summed E-state index contributed by atoms with van der Waals surface area (Å²) in [5.74, 6) is 5.19. The van der Waals surface area contributed by atoms with Crippen LogP contribution in [-0.2, 0) is 0 Å². The molecule has 0 aliphatic rings. The van der Waals surface area contributed by atoms with Gasteiger partial charge in [-0.3, -0.25) is 11.3 Å².